The van der Waals surface area contributed by atoms with E-state index in [0.29, 0.717) is 6.54 Å². The molecular formula is C21H29F3IN3O. The quantitative estimate of drug-likeness (QED) is 0.362. The zero-order chi connectivity index (χ0) is 19.8. The minimum absolute atomic E-state index is 0. The highest BCUT2D eigenvalue weighted by Crippen LogP contribution is 2.45. The summed E-state index contributed by atoms with van der Waals surface area (Å²) < 4.78 is 45.0. The van der Waals surface area contributed by atoms with Crippen molar-refractivity contribution in [2.45, 2.75) is 43.7 Å². The molecule has 1 aliphatic carbocycles. The van der Waals surface area contributed by atoms with Gasteiger partial charge in [0.25, 0.3) is 0 Å². The second-order valence-corrected chi connectivity index (χ2v) is 8.59. The first-order chi connectivity index (χ1) is 13.4. The number of aliphatic imine (C=N–C) groups is 1. The number of guanidine groups is 1. The first kappa shape index (κ1) is 22.7. The van der Waals surface area contributed by atoms with Crippen LogP contribution in [0.25, 0.3) is 0 Å². The van der Waals surface area contributed by atoms with Crippen LogP contribution in [0, 0.1) is 5.41 Å². The fraction of sp³-hybridized carbons (Fsp3) is 0.667. The van der Waals surface area contributed by atoms with Crippen LogP contribution < -0.4 is 5.32 Å². The number of ether oxygens (including phenoxy) is 1. The van der Waals surface area contributed by atoms with E-state index < -0.39 is 11.7 Å². The highest BCUT2D eigenvalue weighted by Gasteiger charge is 2.44. The van der Waals surface area contributed by atoms with Gasteiger partial charge in [0.1, 0.15) is 0 Å². The summed E-state index contributed by atoms with van der Waals surface area (Å²) in [7, 11) is 1.77. The van der Waals surface area contributed by atoms with Gasteiger partial charge in [-0.3, -0.25) is 4.99 Å². The van der Waals surface area contributed by atoms with Crippen LogP contribution in [0.1, 0.15) is 43.2 Å². The van der Waals surface area contributed by atoms with Crippen LogP contribution in [0.3, 0.4) is 0 Å². The third kappa shape index (κ3) is 4.52. The number of benzene rings is 1. The van der Waals surface area contributed by atoms with Gasteiger partial charge in [-0.2, -0.15) is 13.2 Å². The van der Waals surface area contributed by atoms with Crippen molar-refractivity contribution in [3.63, 3.8) is 0 Å². The third-order valence-electron chi connectivity index (χ3n) is 6.83. The Kier molecular flexibility index (Phi) is 6.72. The van der Waals surface area contributed by atoms with Crippen LogP contribution in [0.5, 0.6) is 0 Å². The van der Waals surface area contributed by atoms with Crippen LogP contribution in [0.4, 0.5) is 13.2 Å². The molecule has 8 heteroatoms. The Balaban J connectivity index is 0.00000240. The van der Waals surface area contributed by atoms with Crippen molar-refractivity contribution in [3.05, 3.63) is 35.4 Å². The second kappa shape index (κ2) is 8.61. The molecule has 4 rings (SSSR count). The molecule has 29 heavy (non-hydrogen) atoms. The predicted octanol–water partition coefficient (Wildman–Crippen LogP) is 4.43. The van der Waals surface area contributed by atoms with E-state index in [1.807, 2.05) is 6.07 Å². The first-order valence-electron chi connectivity index (χ1n) is 10.1. The zero-order valence-electron chi connectivity index (χ0n) is 16.7. The lowest BCUT2D eigenvalue weighted by molar-refractivity contribution is -0.137. The molecule has 0 amide bonds. The Labute approximate surface area is 187 Å². The van der Waals surface area contributed by atoms with Gasteiger partial charge in [0, 0.05) is 44.1 Å². The monoisotopic (exact) mass is 523 g/mol. The van der Waals surface area contributed by atoms with Crippen molar-refractivity contribution in [3.8, 4) is 0 Å². The molecule has 1 N–H and O–H groups in total. The van der Waals surface area contributed by atoms with Gasteiger partial charge in [-0.15, -0.1) is 24.0 Å². The molecular weight excluding hydrogens is 494 g/mol. The highest BCUT2D eigenvalue weighted by atomic mass is 127. The fourth-order valence-corrected chi connectivity index (χ4v) is 4.86. The van der Waals surface area contributed by atoms with Gasteiger partial charge in [0.05, 0.1) is 12.2 Å². The average molecular weight is 523 g/mol. The Morgan fingerprint density at radius 2 is 2.03 bits per heavy atom. The molecule has 162 valence electrons. The number of halogens is 4. The average Bonchev–Trinajstić information content (AvgIpc) is 3.27. The molecule has 0 aromatic heterocycles. The molecule has 0 radical (unpaired) electrons. The molecule has 0 bridgehead atoms. The summed E-state index contributed by atoms with van der Waals surface area (Å²) in [5.74, 6) is 0.849. The summed E-state index contributed by atoms with van der Waals surface area (Å²) in [6, 6.07) is 5.83. The van der Waals surface area contributed by atoms with Gasteiger partial charge < -0.3 is 15.0 Å². The van der Waals surface area contributed by atoms with Gasteiger partial charge >= 0.3 is 6.18 Å². The Morgan fingerprint density at radius 3 is 2.62 bits per heavy atom. The number of rotatable bonds is 3. The summed E-state index contributed by atoms with van der Waals surface area (Å²) in [6.45, 7) is 4.14. The summed E-state index contributed by atoms with van der Waals surface area (Å²) >= 11 is 0. The van der Waals surface area contributed by atoms with Crippen molar-refractivity contribution in [2.75, 3.05) is 39.9 Å². The minimum atomic E-state index is -4.31. The van der Waals surface area contributed by atoms with E-state index in [2.05, 4.69) is 15.2 Å². The van der Waals surface area contributed by atoms with E-state index in [-0.39, 0.29) is 34.8 Å². The summed E-state index contributed by atoms with van der Waals surface area (Å²) in [5.41, 5.74) is 0.208. The predicted molar refractivity (Wildman–Crippen MR) is 118 cm³/mol. The van der Waals surface area contributed by atoms with Gasteiger partial charge in [0.15, 0.2) is 5.96 Å². The summed E-state index contributed by atoms with van der Waals surface area (Å²) in [4.78, 5) is 6.72. The lowest BCUT2D eigenvalue weighted by Crippen LogP contribution is -2.50. The van der Waals surface area contributed by atoms with Crippen LogP contribution >= 0.6 is 24.0 Å². The van der Waals surface area contributed by atoms with E-state index in [9.17, 15) is 13.2 Å². The highest BCUT2D eigenvalue weighted by molar-refractivity contribution is 14.0. The number of alkyl halides is 3. The standard InChI is InChI=1S/C21H28F3N3O.HI/c1-25-18(27-10-8-19(14-27)9-11-28-15-19)26-13-20(6-3-7-20)16-4-2-5-17(12-16)21(22,23)24;/h2,4-5,12H,3,6-11,13-15H2,1H3,(H,25,26);1H. The van der Waals surface area contributed by atoms with Gasteiger partial charge in [0.2, 0.25) is 0 Å². The Bertz CT molecular complexity index is 743. The van der Waals surface area contributed by atoms with Gasteiger partial charge in [-0.1, -0.05) is 24.6 Å². The fourth-order valence-electron chi connectivity index (χ4n) is 4.86. The molecule has 3 aliphatic rings. The Hall–Kier alpha value is -1.03. The van der Waals surface area contributed by atoms with Crippen LogP contribution in [0.2, 0.25) is 0 Å². The maximum absolute atomic E-state index is 13.1. The van der Waals surface area contributed by atoms with Crippen molar-refractivity contribution in [2.24, 2.45) is 10.4 Å². The molecule has 1 spiro atoms. The number of likely N-dealkylation sites (tertiary alicyclic amines) is 1. The lowest BCUT2D eigenvalue weighted by Gasteiger charge is -2.43. The van der Waals surface area contributed by atoms with Crippen LogP contribution in [-0.4, -0.2) is 50.8 Å². The van der Waals surface area contributed by atoms with E-state index in [4.69, 9.17) is 4.74 Å². The smallest absolute Gasteiger partial charge is 0.381 e. The van der Waals surface area contributed by atoms with Crippen molar-refractivity contribution in [1.29, 1.82) is 0 Å². The third-order valence-corrected chi connectivity index (χ3v) is 6.83. The molecule has 1 aromatic carbocycles. The molecule has 1 unspecified atom stereocenters. The molecule has 1 saturated carbocycles. The molecule has 3 fully saturated rings. The number of nitrogens with zero attached hydrogens (tertiary/aromatic N) is 2. The maximum Gasteiger partial charge on any atom is 0.416 e. The van der Waals surface area contributed by atoms with Gasteiger partial charge in [-0.25, -0.2) is 0 Å². The number of hydrogen-bond donors (Lipinski definition) is 1. The SMILES string of the molecule is CN=C(NCC1(c2cccc(C(F)(F)F)c2)CCC1)N1CCC2(CCOC2)C1.I. The number of nitrogens with one attached hydrogen (secondary N) is 1. The van der Waals surface area contributed by atoms with Crippen LogP contribution in [0.15, 0.2) is 29.3 Å². The van der Waals surface area contributed by atoms with Crippen LogP contribution in [-0.2, 0) is 16.3 Å². The number of hydrogen-bond acceptors (Lipinski definition) is 2. The van der Waals surface area contributed by atoms with E-state index in [1.54, 1.807) is 7.05 Å². The zero-order valence-corrected chi connectivity index (χ0v) is 19.1. The van der Waals surface area contributed by atoms with Crippen molar-refractivity contribution in [1.82, 2.24) is 10.2 Å². The largest absolute Gasteiger partial charge is 0.416 e. The molecule has 1 aromatic rings. The molecule has 2 heterocycles. The van der Waals surface area contributed by atoms with E-state index in [0.717, 1.165) is 76.0 Å². The van der Waals surface area contributed by atoms with E-state index in [1.165, 1.54) is 12.1 Å². The second-order valence-electron chi connectivity index (χ2n) is 8.59. The van der Waals surface area contributed by atoms with Gasteiger partial charge in [-0.05, 0) is 37.3 Å². The van der Waals surface area contributed by atoms with Crippen molar-refractivity contribution < 1.29 is 17.9 Å². The molecule has 1 atom stereocenters. The summed E-state index contributed by atoms with van der Waals surface area (Å²) in [5, 5.41) is 3.47. The molecule has 2 aliphatic heterocycles. The maximum atomic E-state index is 13.1. The summed E-state index contributed by atoms with van der Waals surface area (Å²) in [6.07, 6.45) is 0.728. The molecule has 2 saturated heterocycles. The normalized spacial score (nSPS) is 26.3. The Morgan fingerprint density at radius 1 is 1.24 bits per heavy atom. The minimum Gasteiger partial charge on any atom is -0.381 e. The first-order valence-corrected chi connectivity index (χ1v) is 10.1. The molecule has 4 nitrogen and oxygen atoms in total. The topological polar surface area (TPSA) is 36.9 Å². The van der Waals surface area contributed by atoms with Crippen molar-refractivity contribution >= 4 is 29.9 Å². The van der Waals surface area contributed by atoms with E-state index >= 15 is 0 Å². The lowest BCUT2D eigenvalue weighted by atomic mass is 9.64.